The Morgan fingerprint density at radius 1 is 1.54 bits per heavy atom. The van der Waals surface area contributed by atoms with E-state index < -0.39 is 65.6 Å². The van der Waals surface area contributed by atoms with Gasteiger partial charge in [0, 0.05) is 0 Å². The van der Waals surface area contributed by atoms with Gasteiger partial charge in [-0.25, -0.2) is 19.0 Å². The van der Waals surface area contributed by atoms with Gasteiger partial charge in [0.25, 0.3) is 0 Å². The summed E-state index contributed by atoms with van der Waals surface area (Å²) in [5.41, 5.74) is 8.93. The Balaban J connectivity index is 2.00. The van der Waals surface area contributed by atoms with Crippen LogP contribution in [0.4, 0.5) is 4.79 Å². The minimum absolute atomic E-state index is 0.168. The van der Waals surface area contributed by atoms with Gasteiger partial charge in [-0.3, -0.25) is 15.2 Å². The Labute approximate surface area is 146 Å². The molecule has 0 unspecified atom stereocenters. The third-order valence-electron chi connectivity index (χ3n) is 4.46. The number of amides is 1. The van der Waals surface area contributed by atoms with Crippen LogP contribution >= 0.6 is 0 Å². The summed E-state index contributed by atoms with van der Waals surface area (Å²) in [5, 5.41) is 32.1. The van der Waals surface area contributed by atoms with Crippen LogP contribution in [0.2, 0.25) is 0 Å². The van der Waals surface area contributed by atoms with Crippen LogP contribution in [0.5, 0.6) is 0 Å². The van der Waals surface area contributed by atoms with Gasteiger partial charge in [0.2, 0.25) is 5.96 Å². The number of hydroxylamine groups is 2. The zero-order chi connectivity index (χ0) is 19.4. The van der Waals surface area contributed by atoms with E-state index in [-0.39, 0.29) is 5.96 Å². The first-order chi connectivity index (χ1) is 12.0. The molecule has 0 aliphatic carbocycles. The van der Waals surface area contributed by atoms with E-state index in [4.69, 9.17) is 21.4 Å². The second-order valence-corrected chi connectivity index (χ2v) is 6.94. The zero-order valence-corrected chi connectivity index (χ0v) is 13.8. The summed E-state index contributed by atoms with van der Waals surface area (Å²) in [4.78, 5) is 16.0. The highest BCUT2D eigenvalue weighted by atomic mass is 32.3. The summed E-state index contributed by atoms with van der Waals surface area (Å²) in [7, 11) is -4.91. The molecule has 16 heteroatoms. The highest BCUT2D eigenvalue weighted by Gasteiger charge is 2.68. The van der Waals surface area contributed by atoms with Gasteiger partial charge in [-0.1, -0.05) is 0 Å². The monoisotopic (exact) mass is 395 g/mol. The first kappa shape index (κ1) is 18.4. The van der Waals surface area contributed by atoms with Crippen molar-refractivity contribution in [3.05, 3.63) is 0 Å². The Hall–Kier alpha value is -2.40. The number of aliphatic hydroxyl groups excluding tert-OH is 1. The molecule has 5 atom stereocenters. The summed E-state index contributed by atoms with van der Waals surface area (Å²) >= 11 is 0. The van der Waals surface area contributed by atoms with Crippen LogP contribution in [0.3, 0.4) is 0 Å². The van der Waals surface area contributed by atoms with E-state index in [1.165, 1.54) is 0 Å². The number of nitrogens with one attached hydrogen (secondary N) is 2. The number of nitrogens with two attached hydrogens (primary N) is 2. The van der Waals surface area contributed by atoms with Gasteiger partial charge in [0.05, 0.1) is 6.54 Å². The van der Waals surface area contributed by atoms with Crippen LogP contribution in [0, 0.1) is 5.41 Å². The molecule has 2 fully saturated rings. The fourth-order valence-corrected chi connectivity index (χ4v) is 4.01. The number of nitrogens with zero attached hydrogens (tertiary/aromatic N) is 3. The molecule has 3 aliphatic rings. The number of ether oxygens (including phenoxy) is 1. The quantitative estimate of drug-likeness (QED) is 0.225. The largest absolute Gasteiger partial charge is 0.447 e. The number of primary amides is 1. The second kappa shape index (κ2) is 5.81. The molecule has 146 valence electrons. The molecule has 0 aromatic rings. The minimum Gasteiger partial charge on any atom is -0.447 e. The molecule has 26 heavy (non-hydrogen) atoms. The average Bonchev–Trinajstić information content (AvgIpc) is 2.98. The number of aliphatic hydroxyl groups is 1. The van der Waals surface area contributed by atoms with E-state index in [2.05, 4.69) is 19.2 Å². The Morgan fingerprint density at radius 2 is 2.19 bits per heavy atom. The lowest BCUT2D eigenvalue weighted by molar-refractivity contribution is -0.140. The summed E-state index contributed by atoms with van der Waals surface area (Å²) in [6.45, 7) is -0.893. The molecule has 15 nitrogen and oxygen atoms in total. The van der Waals surface area contributed by atoms with Crippen molar-refractivity contribution >= 4 is 28.4 Å². The summed E-state index contributed by atoms with van der Waals surface area (Å²) < 4.78 is 40.1. The highest BCUT2D eigenvalue weighted by molar-refractivity contribution is 7.80. The fraction of sp³-hybridized carbons (Fsp3) is 0.700. The second-order valence-electron chi connectivity index (χ2n) is 5.89. The van der Waals surface area contributed by atoms with Crippen molar-refractivity contribution in [1.82, 2.24) is 15.3 Å². The van der Waals surface area contributed by atoms with Gasteiger partial charge in [0.1, 0.15) is 30.9 Å². The number of rotatable bonds is 4. The van der Waals surface area contributed by atoms with Crippen LogP contribution in [-0.2, 0) is 19.3 Å². The topological polar surface area (TPSA) is 237 Å². The molecule has 0 aromatic carbocycles. The number of carbonyl (C=O) groups is 1. The lowest BCUT2D eigenvalue weighted by Gasteiger charge is -2.51. The molecule has 3 heterocycles. The number of hydrogen-bond donors (Lipinski definition) is 7. The lowest BCUT2D eigenvalue weighted by Crippen LogP contribution is -2.77. The molecule has 3 rings (SSSR count). The van der Waals surface area contributed by atoms with Crippen molar-refractivity contribution in [2.75, 3.05) is 13.2 Å². The van der Waals surface area contributed by atoms with Crippen LogP contribution in [0.25, 0.3) is 0 Å². The molecule has 0 aromatic heterocycles. The fourth-order valence-electron chi connectivity index (χ4n) is 3.53. The maximum Gasteiger partial charge on any atom is 0.404 e. The van der Waals surface area contributed by atoms with Crippen molar-refractivity contribution in [2.24, 2.45) is 16.5 Å². The Morgan fingerprint density at radius 3 is 2.77 bits per heavy atom. The lowest BCUT2D eigenvalue weighted by atomic mass is 9.87. The van der Waals surface area contributed by atoms with E-state index in [0.717, 1.165) is 4.90 Å². The first-order valence-corrected chi connectivity index (χ1v) is 8.55. The summed E-state index contributed by atoms with van der Waals surface area (Å²) in [6.07, 6.45) is -4.28. The van der Waals surface area contributed by atoms with Gasteiger partial charge in [-0.2, -0.15) is 8.42 Å². The van der Waals surface area contributed by atoms with E-state index in [1.807, 2.05) is 0 Å². The smallest absolute Gasteiger partial charge is 0.404 e. The maximum atomic E-state index is 11.0. The molecule has 9 N–H and O–H groups in total. The Bertz CT molecular complexity index is 773. The highest BCUT2D eigenvalue weighted by Crippen LogP contribution is 2.42. The zero-order valence-electron chi connectivity index (χ0n) is 13.0. The third kappa shape index (κ3) is 2.67. The first-order valence-electron chi connectivity index (χ1n) is 7.19. The summed E-state index contributed by atoms with van der Waals surface area (Å²) in [6, 6.07) is -2.27. The molecular formula is C10H17N7O8S. The van der Waals surface area contributed by atoms with Crippen molar-refractivity contribution in [3.63, 3.8) is 0 Å². The number of carbonyl (C=O) groups excluding carboxylic acids is 1. The number of guanidine groups is 2. The van der Waals surface area contributed by atoms with E-state index in [9.17, 15) is 23.5 Å². The van der Waals surface area contributed by atoms with Crippen LogP contribution in [-0.4, -0.2) is 94.4 Å². The molecule has 0 saturated carbocycles. The van der Waals surface area contributed by atoms with Crippen LogP contribution in [0.1, 0.15) is 0 Å². The van der Waals surface area contributed by atoms with Crippen molar-refractivity contribution in [3.8, 4) is 0 Å². The predicted octanol–water partition coefficient (Wildman–Crippen LogP) is -4.06. The normalized spacial score (nSPS) is 36.3. The molecule has 0 bridgehead atoms. The van der Waals surface area contributed by atoms with Crippen molar-refractivity contribution < 1.29 is 37.0 Å². The van der Waals surface area contributed by atoms with E-state index in [1.54, 1.807) is 0 Å². The van der Waals surface area contributed by atoms with Gasteiger partial charge >= 0.3 is 16.5 Å². The average molecular weight is 395 g/mol. The molecule has 3 aliphatic heterocycles. The van der Waals surface area contributed by atoms with Gasteiger partial charge < -0.3 is 31.5 Å². The van der Waals surface area contributed by atoms with Crippen LogP contribution in [0.15, 0.2) is 4.99 Å². The SMILES string of the molecule is N=C1N(O)[C@@H](COC(N)=O)[C@@H]2N=C(N)N[C@@]23[C@@H](O)[C@@H](OS(=O)(=O)O)CN13. The van der Waals surface area contributed by atoms with Crippen molar-refractivity contribution in [1.29, 1.82) is 5.41 Å². The maximum absolute atomic E-state index is 11.0. The summed E-state index contributed by atoms with van der Waals surface area (Å²) in [5.74, 6) is -0.740. The molecule has 1 spiro atoms. The predicted molar refractivity (Wildman–Crippen MR) is 81.1 cm³/mol. The minimum atomic E-state index is -4.91. The Kier molecular flexibility index (Phi) is 4.11. The molecule has 0 radical (unpaired) electrons. The number of aliphatic imine (C=N–C) groups is 1. The third-order valence-corrected chi connectivity index (χ3v) is 4.95. The van der Waals surface area contributed by atoms with E-state index in [0.29, 0.717) is 5.06 Å². The standard InChI is InChI=1S/C10H17N7O8S/c11-7-14-5-3(2-24-9(13)19)17(20)8(12)16-1-4(25-26(21,22)23)6(18)10(5,16)15-7/h3-6,12,18,20H,1-2H2,(H2,13,19)(H3,11,14,15)(H,21,22,23)/t3-,4-,5-,6-,10-/m0/s1. The van der Waals surface area contributed by atoms with Crippen LogP contribution < -0.4 is 16.8 Å². The van der Waals surface area contributed by atoms with Gasteiger partial charge in [-0.15, -0.1) is 0 Å². The molecular weight excluding hydrogens is 378 g/mol. The molecule has 2 saturated heterocycles. The van der Waals surface area contributed by atoms with Crippen molar-refractivity contribution in [2.45, 2.75) is 30.0 Å². The van der Waals surface area contributed by atoms with Gasteiger partial charge in [0.15, 0.2) is 11.6 Å². The van der Waals surface area contributed by atoms with E-state index >= 15 is 0 Å². The van der Waals surface area contributed by atoms with Gasteiger partial charge in [-0.05, 0) is 0 Å². The number of hydrogen-bond acceptors (Lipinski definition) is 11. The molecule has 1 amide bonds.